The summed E-state index contributed by atoms with van der Waals surface area (Å²) in [4.78, 5) is 70.7. The molecular formula is C62H73F5N8O9S3. The second kappa shape index (κ2) is 25.2. The third-order valence-electron chi connectivity index (χ3n) is 18.1. The first kappa shape index (κ1) is 63.6. The number of unbranched alkanes of at least 4 members (excludes halogenated alkanes) is 2. The zero-order valence-electron chi connectivity index (χ0n) is 48.8. The monoisotopic (exact) mass is 1260 g/mol. The second-order valence-electron chi connectivity index (χ2n) is 25.0. The minimum absolute atomic E-state index is 0.00330. The van der Waals surface area contributed by atoms with Gasteiger partial charge < -0.3 is 20.4 Å². The zero-order chi connectivity index (χ0) is 62.3. The van der Waals surface area contributed by atoms with Crippen LogP contribution in [0.5, 0.6) is 0 Å². The molecule has 2 bridgehead atoms. The lowest BCUT2D eigenvalue weighted by atomic mass is 9.32. The molecule has 2 saturated heterocycles. The van der Waals surface area contributed by atoms with E-state index in [4.69, 9.17) is 0 Å². The highest BCUT2D eigenvalue weighted by Gasteiger charge is 2.73. The van der Waals surface area contributed by atoms with E-state index in [0.29, 0.717) is 76.6 Å². The highest BCUT2D eigenvalue weighted by atomic mass is 32.2. The van der Waals surface area contributed by atoms with Crippen molar-refractivity contribution < 1.29 is 62.8 Å². The van der Waals surface area contributed by atoms with Gasteiger partial charge in [0.15, 0.2) is 0 Å². The topological polar surface area (TPSA) is 215 Å². The molecular weight excluding hydrogens is 1190 g/mol. The van der Waals surface area contributed by atoms with Gasteiger partial charge in [-0.25, -0.2) is 30.3 Å². The number of piperidine rings is 1. The molecule has 11 rings (SSSR count). The quantitative estimate of drug-likeness (QED) is 0.0160. The van der Waals surface area contributed by atoms with Gasteiger partial charge >= 0.3 is 5.51 Å². The van der Waals surface area contributed by atoms with Crippen LogP contribution in [0.25, 0.3) is 0 Å². The second-order valence-corrected chi connectivity index (χ2v) is 29.7. The number of benzene rings is 4. The molecule has 5 fully saturated rings. The molecule has 5 amide bonds. The number of hydrogen-bond donors (Lipinski definition) is 4. The maximum absolute atomic E-state index is 14.5. The Morgan fingerprint density at radius 2 is 1.54 bits per heavy atom. The molecule has 7 aliphatic rings. The van der Waals surface area contributed by atoms with Gasteiger partial charge in [0.25, 0.3) is 37.6 Å². The lowest BCUT2D eigenvalue weighted by Gasteiger charge is -2.72. The van der Waals surface area contributed by atoms with Gasteiger partial charge in [-0.3, -0.25) is 39.1 Å². The van der Waals surface area contributed by atoms with Crippen molar-refractivity contribution in [2.45, 2.75) is 130 Å². The average Bonchev–Trinajstić information content (AvgIpc) is 1.12. The highest BCUT2D eigenvalue weighted by Crippen LogP contribution is 2.79. The van der Waals surface area contributed by atoms with E-state index in [1.165, 1.54) is 41.1 Å². The van der Waals surface area contributed by atoms with Gasteiger partial charge in [0.1, 0.15) is 10.9 Å². The van der Waals surface area contributed by atoms with Crippen LogP contribution < -0.4 is 25.6 Å². The molecule has 87 heavy (non-hydrogen) atoms. The first-order valence-corrected chi connectivity index (χ1v) is 33.4. The molecule has 4 N–H and O–H groups in total. The van der Waals surface area contributed by atoms with Crippen LogP contribution in [0.1, 0.15) is 122 Å². The first-order valence-electron chi connectivity index (χ1n) is 29.5. The number of piperazine rings is 1. The van der Waals surface area contributed by atoms with Crippen molar-refractivity contribution >= 4 is 78.2 Å². The summed E-state index contributed by atoms with van der Waals surface area (Å²) in [6.45, 7) is 9.64. The van der Waals surface area contributed by atoms with E-state index in [1.807, 2.05) is 47.0 Å². The van der Waals surface area contributed by atoms with Gasteiger partial charge in [0, 0.05) is 84.7 Å². The number of thioether (sulfide) groups is 1. The van der Waals surface area contributed by atoms with Crippen molar-refractivity contribution in [1.29, 1.82) is 0 Å². The summed E-state index contributed by atoms with van der Waals surface area (Å²) in [7, 11) is -9.24. The standard InChI is InChI=1S/C62H73F5N8O9S3/c1-59(2)25-23-41(47(34-59)60-37-61(38-60,39-60)58(63)64)35-73-29-31-74(32-30-73)43-17-15-40(16-18-43)54(77)71-87(83,84)45-19-20-48(51(33-45)86(81,82)62(65,66)67)69-42(36-85-44-11-6-4-7-12-44)24-28-72(3)27-9-5-8-26-68-49-14-10-13-46-53(49)57(80)75(56(46)79)50-21-22-52(76)70-55(50)78/h4,6-7,10-20,33,42,50,58,68-69H,5,8-9,21-32,34-39H2,1-3H3,(H,71,77)(H,70,76,78). The number of imide groups is 2. The Morgan fingerprint density at radius 1 is 0.828 bits per heavy atom. The minimum atomic E-state index is -6.17. The maximum Gasteiger partial charge on any atom is 0.501 e. The van der Waals surface area contributed by atoms with Crippen LogP contribution in [0.4, 0.5) is 39.0 Å². The molecule has 4 aliphatic carbocycles. The Morgan fingerprint density at radius 3 is 2.22 bits per heavy atom. The van der Waals surface area contributed by atoms with Crippen LogP contribution in [-0.2, 0) is 29.4 Å². The molecule has 468 valence electrons. The first-order chi connectivity index (χ1) is 41.2. The predicted molar refractivity (Wildman–Crippen MR) is 321 cm³/mol. The van der Waals surface area contributed by atoms with Crippen LogP contribution in [0.15, 0.2) is 117 Å². The number of hydrogen-bond acceptors (Lipinski definition) is 15. The molecule has 0 aromatic heterocycles. The Hall–Kier alpha value is -6.41. The summed E-state index contributed by atoms with van der Waals surface area (Å²) < 4.78 is 127. The highest BCUT2D eigenvalue weighted by molar-refractivity contribution is 7.99. The Kier molecular flexibility index (Phi) is 18.4. The van der Waals surface area contributed by atoms with Gasteiger partial charge in [0.2, 0.25) is 18.2 Å². The molecule has 3 aliphatic heterocycles. The van der Waals surface area contributed by atoms with Crippen molar-refractivity contribution in [3.05, 3.63) is 119 Å². The fourth-order valence-electron chi connectivity index (χ4n) is 13.3. The number of fused-ring (bicyclic) bond motifs is 1. The largest absolute Gasteiger partial charge is 0.501 e. The average molecular weight is 1270 g/mol. The number of allylic oxidation sites excluding steroid dienone is 1. The molecule has 0 spiro atoms. The number of anilines is 3. The molecule has 0 radical (unpaired) electrons. The normalized spacial score (nSPS) is 22.7. The molecule has 2 unspecified atom stereocenters. The fourth-order valence-corrected chi connectivity index (χ4v) is 16.3. The van der Waals surface area contributed by atoms with Gasteiger partial charge in [-0.2, -0.15) is 13.2 Å². The summed E-state index contributed by atoms with van der Waals surface area (Å²) in [6, 6.07) is 20.9. The van der Waals surface area contributed by atoms with Crippen molar-refractivity contribution in [2.75, 3.05) is 80.7 Å². The van der Waals surface area contributed by atoms with Crippen LogP contribution in [0, 0.1) is 16.2 Å². The van der Waals surface area contributed by atoms with Crippen molar-refractivity contribution in [3.8, 4) is 0 Å². The smallest absolute Gasteiger partial charge is 0.384 e. The van der Waals surface area contributed by atoms with E-state index in [1.54, 1.807) is 24.3 Å². The number of halogens is 5. The van der Waals surface area contributed by atoms with Crippen LogP contribution in [-0.4, -0.2) is 150 Å². The molecule has 17 nitrogen and oxygen atoms in total. The summed E-state index contributed by atoms with van der Waals surface area (Å²) in [6.07, 6.45) is 4.93. The lowest BCUT2D eigenvalue weighted by molar-refractivity contribution is -0.250. The minimum Gasteiger partial charge on any atom is -0.384 e. The molecule has 3 heterocycles. The number of sulfonamides is 1. The summed E-state index contributed by atoms with van der Waals surface area (Å²) >= 11 is 1.39. The third-order valence-corrected chi connectivity index (χ3v) is 22.2. The Labute approximate surface area is 508 Å². The van der Waals surface area contributed by atoms with E-state index in [-0.39, 0.29) is 46.1 Å². The third kappa shape index (κ3) is 13.6. The van der Waals surface area contributed by atoms with Crippen molar-refractivity contribution in [2.24, 2.45) is 16.2 Å². The Bertz CT molecular complexity index is 3540. The number of carbonyl (C=O) groups excluding carboxylic acids is 5. The number of alkyl halides is 5. The van der Waals surface area contributed by atoms with Crippen LogP contribution >= 0.6 is 11.8 Å². The van der Waals surface area contributed by atoms with Gasteiger partial charge in [0.05, 0.1) is 21.7 Å². The van der Waals surface area contributed by atoms with Gasteiger partial charge in [-0.15, -0.1) is 11.8 Å². The van der Waals surface area contributed by atoms with Gasteiger partial charge in [-0.1, -0.05) is 55.7 Å². The molecule has 2 atom stereocenters. The van der Waals surface area contributed by atoms with E-state index in [9.17, 15) is 62.8 Å². The van der Waals surface area contributed by atoms with Crippen LogP contribution in [0.3, 0.4) is 0 Å². The van der Waals surface area contributed by atoms with Crippen molar-refractivity contribution in [1.82, 2.24) is 24.7 Å². The number of sulfone groups is 1. The number of amides is 5. The van der Waals surface area contributed by atoms with Crippen molar-refractivity contribution in [3.63, 3.8) is 0 Å². The summed E-state index contributed by atoms with van der Waals surface area (Å²) in [5, 5.41) is 8.42. The molecule has 4 aromatic rings. The maximum atomic E-state index is 14.5. The SMILES string of the molecule is CN(CCCCCNc1cccc2c1C(=O)N(C1CCC(=O)NC1=O)C2=O)CCC(CSc1ccccc1)Nc1ccc(S(=O)(=O)NC(=O)c2ccc(N3CCN(CC4=C(C56CC(C(F)F)(C5)C6)CC(C)(C)CC4)CC3)cc2)cc1S(=O)(=O)C(F)(F)F. The number of carbonyl (C=O) groups is 5. The van der Waals surface area contributed by atoms with Gasteiger partial charge in [-0.05, 0) is 162 Å². The van der Waals surface area contributed by atoms with E-state index >= 15 is 0 Å². The Balaban J connectivity index is 0.736. The number of nitrogens with zero attached hydrogens (tertiary/aromatic N) is 4. The molecule has 25 heteroatoms. The van der Waals surface area contributed by atoms with Crippen LogP contribution in [0.2, 0.25) is 0 Å². The fraction of sp³-hybridized carbons (Fsp3) is 0.500. The number of nitrogens with one attached hydrogen (secondary N) is 4. The summed E-state index contributed by atoms with van der Waals surface area (Å²) in [5.41, 5.74) is -2.73. The summed E-state index contributed by atoms with van der Waals surface area (Å²) in [5.74, 6) is -3.19. The van der Waals surface area contributed by atoms with E-state index < -0.39 is 94.3 Å². The lowest BCUT2D eigenvalue weighted by Crippen LogP contribution is -2.66. The number of rotatable bonds is 25. The van der Waals surface area contributed by atoms with E-state index in [0.717, 1.165) is 79.4 Å². The van der Waals surface area contributed by atoms with E-state index in [2.05, 4.69) is 39.6 Å². The predicted octanol–water partition coefficient (Wildman–Crippen LogP) is 9.74. The zero-order valence-corrected chi connectivity index (χ0v) is 51.3. The molecule has 3 saturated carbocycles. The molecule has 4 aromatic carbocycles.